The molecule has 0 aliphatic heterocycles. The highest BCUT2D eigenvalue weighted by atomic mass is 79.9. The average molecular weight is 320 g/mol. The number of rotatable bonds is 3. The molecule has 0 spiro atoms. The maximum atomic E-state index is 11.7. The molecule has 0 saturated heterocycles. The summed E-state index contributed by atoms with van der Waals surface area (Å²) >= 11 is 3.37. The Kier molecular flexibility index (Phi) is 3.97. The second-order valence-corrected chi connectivity index (χ2v) is 4.70. The molecule has 0 N–H and O–H groups in total. The van der Waals surface area contributed by atoms with Gasteiger partial charge in [0.1, 0.15) is 6.07 Å². The van der Waals surface area contributed by atoms with Crippen LogP contribution in [0.3, 0.4) is 0 Å². The number of carbonyl (C=O) groups excluding carboxylic acids is 1. The van der Waals surface area contributed by atoms with Gasteiger partial charge in [0.15, 0.2) is 0 Å². The van der Waals surface area contributed by atoms with Gasteiger partial charge >= 0.3 is 5.97 Å². The molecule has 0 aliphatic carbocycles. The van der Waals surface area contributed by atoms with Gasteiger partial charge in [-0.05, 0) is 23.8 Å². The third-order valence-corrected chi connectivity index (χ3v) is 3.12. The molecular formula is C13H10BrN3O2. The van der Waals surface area contributed by atoms with Crippen LogP contribution >= 0.6 is 15.9 Å². The van der Waals surface area contributed by atoms with E-state index in [4.69, 9.17) is 10.00 Å². The first-order valence-corrected chi connectivity index (χ1v) is 6.23. The first kappa shape index (κ1) is 13.3. The van der Waals surface area contributed by atoms with E-state index in [1.807, 2.05) is 12.1 Å². The Morgan fingerprint density at radius 3 is 3.05 bits per heavy atom. The Balaban J connectivity index is 2.42. The van der Waals surface area contributed by atoms with E-state index in [1.165, 1.54) is 7.11 Å². The lowest BCUT2D eigenvalue weighted by Crippen LogP contribution is -2.10. The minimum Gasteiger partial charge on any atom is -0.465 e. The number of hydrogen-bond donors (Lipinski definition) is 0. The molecule has 0 bridgehead atoms. The van der Waals surface area contributed by atoms with Crippen LogP contribution in [-0.4, -0.2) is 22.6 Å². The molecule has 1 heterocycles. The molecule has 19 heavy (non-hydrogen) atoms. The zero-order valence-corrected chi connectivity index (χ0v) is 11.7. The molecule has 6 heteroatoms. The fourth-order valence-electron chi connectivity index (χ4n) is 1.74. The Morgan fingerprint density at radius 1 is 1.58 bits per heavy atom. The second-order valence-electron chi connectivity index (χ2n) is 3.78. The Labute approximate surface area is 118 Å². The first-order valence-electron chi connectivity index (χ1n) is 5.43. The fraction of sp³-hybridized carbons (Fsp3) is 0.154. The summed E-state index contributed by atoms with van der Waals surface area (Å²) in [5.74, 6) is -0.100. The molecule has 0 aliphatic rings. The van der Waals surface area contributed by atoms with E-state index in [9.17, 15) is 4.79 Å². The van der Waals surface area contributed by atoms with Crippen LogP contribution in [0.1, 0.15) is 21.7 Å². The zero-order valence-electron chi connectivity index (χ0n) is 10.1. The lowest BCUT2D eigenvalue weighted by atomic mass is 10.1. The van der Waals surface area contributed by atoms with E-state index in [-0.39, 0.29) is 0 Å². The van der Waals surface area contributed by atoms with Crippen LogP contribution in [0.2, 0.25) is 0 Å². The van der Waals surface area contributed by atoms with E-state index in [0.29, 0.717) is 17.9 Å². The van der Waals surface area contributed by atoms with Gasteiger partial charge in [-0.15, -0.1) is 0 Å². The Bertz CT molecular complexity index is 658. The molecule has 0 fully saturated rings. The number of nitriles is 1. The summed E-state index contributed by atoms with van der Waals surface area (Å²) in [6, 6.07) is 7.29. The van der Waals surface area contributed by atoms with Crippen LogP contribution < -0.4 is 0 Å². The highest BCUT2D eigenvalue weighted by Crippen LogP contribution is 2.19. The SMILES string of the molecule is COC(=O)c1ccc(Br)cc1Cn1ccnc1C#N. The monoisotopic (exact) mass is 319 g/mol. The number of hydrogen-bond acceptors (Lipinski definition) is 4. The molecule has 5 nitrogen and oxygen atoms in total. The molecule has 0 amide bonds. The lowest BCUT2D eigenvalue weighted by molar-refractivity contribution is 0.0599. The second kappa shape index (κ2) is 5.67. The number of imidazole rings is 1. The molecule has 0 saturated carbocycles. The summed E-state index contributed by atoms with van der Waals surface area (Å²) in [6.07, 6.45) is 3.24. The van der Waals surface area contributed by atoms with Crippen molar-refractivity contribution in [2.75, 3.05) is 7.11 Å². The van der Waals surface area contributed by atoms with Crippen LogP contribution in [0.4, 0.5) is 0 Å². The Morgan fingerprint density at radius 2 is 2.37 bits per heavy atom. The van der Waals surface area contributed by atoms with Crippen molar-refractivity contribution in [3.05, 3.63) is 52.0 Å². The van der Waals surface area contributed by atoms with Crippen molar-refractivity contribution >= 4 is 21.9 Å². The molecule has 2 aromatic rings. The van der Waals surface area contributed by atoms with Gasteiger partial charge in [0.05, 0.1) is 19.2 Å². The maximum Gasteiger partial charge on any atom is 0.338 e. The van der Waals surface area contributed by atoms with Gasteiger partial charge in [0.25, 0.3) is 0 Å². The quantitative estimate of drug-likeness (QED) is 0.814. The molecule has 96 valence electrons. The highest BCUT2D eigenvalue weighted by molar-refractivity contribution is 9.10. The first-order chi connectivity index (χ1) is 9.15. The number of esters is 1. The van der Waals surface area contributed by atoms with Crippen molar-refractivity contribution in [3.8, 4) is 6.07 Å². The number of aromatic nitrogens is 2. The van der Waals surface area contributed by atoms with E-state index in [2.05, 4.69) is 20.9 Å². The fourth-order valence-corrected chi connectivity index (χ4v) is 2.14. The van der Waals surface area contributed by atoms with Crippen molar-refractivity contribution in [2.24, 2.45) is 0 Å². The molecular weight excluding hydrogens is 310 g/mol. The summed E-state index contributed by atoms with van der Waals surface area (Å²) in [7, 11) is 1.34. The summed E-state index contributed by atoms with van der Waals surface area (Å²) in [5.41, 5.74) is 1.24. The van der Waals surface area contributed by atoms with E-state index in [0.717, 1.165) is 10.0 Å². The number of carbonyl (C=O) groups is 1. The molecule has 1 aromatic carbocycles. The van der Waals surface area contributed by atoms with E-state index >= 15 is 0 Å². The summed E-state index contributed by atoms with van der Waals surface area (Å²) in [5, 5.41) is 8.93. The molecule has 1 aromatic heterocycles. The number of nitrogens with zero attached hydrogens (tertiary/aromatic N) is 3. The van der Waals surface area contributed by atoms with E-state index < -0.39 is 5.97 Å². The topological polar surface area (TPSA) is 67.9 Å². The van der Waals surface area contributed by atoms with Gasteiger partial charge in [-0.25, -0.2) is 9.78 Å². The predicted molar refractivity (Wildman–Crippen MR) is 71.5 cm³/mol. The maximum absolute atomic E-state index is 11.7. The number of halogens is 1. The standard InChI is InChI=1S/C13H10BrN3O2/c1-19-13(18)11-3-2-10(14)6-9(11)8-17-5-4-16-12(17)7-15/h2-6H,8H2,1H3. The van der Waals surface area contributed by atoms with Crippen molar-refractivity contribution < 1.29 is 9.53 Å². The normalized spacial score (nSPS) is 9.95. The van der Waals surface area contributed by atoms with Gasteiger partial charge in [-0.2, -0.15) is 5.26 Å². The minimum absolute atomic E-state index is 0.302. The van der Waals surface area contributed by atoms with Gasteiger partial charge < -0.3 is 9.30 Å². The Hall–Kier alpha value is -2.13. The number of methoxy groups -OCH3 is 1. The molecule has 0 atom stereocenters. The van der Waals surface area contributed by atoms with Crippen molar-refractivity contribution in [1.82, 2.24) is 9.55 Å². The third kappa shape index (κ3) is 2.83. The van der Waals surface area contributed by atoms with Crippen molar-refractivity contribution in [3.63, 3.8) is 0 Å². The number of ether oxygens (including phenoxy) is 1. The van der Waals surface area contributed by atoms with Crippen molar-refractivity contribution in [1.29, 1.82) is 5.26 Å². The highest BCUT2D eigenvalue weighted by Gasteiger charge is 2.13. The average Bonchev–Trinajstić information content (AvgIpc) is 2.85. The van der Waals surface area contributed by atoms with Gasteiger partial charge in [-0.3, -0.25) is 0 Å². The largest absolute Gasteiger partial charge is 0.465 e. The zero-order chi connectivity index (χ0) is 13.8. The molecule has 0 radical (unpaired) electrons. The van der Waals surface area contributed by atoms with E-state index in [1.54, 1.807) is 29.1 Å². The summed E-state index contributed by atoms with van der Waals surface area (Å²) < 4.78 is 7.28. The smallest absolute Gasteiger partial charge is 0.338 e. The summed E-state index contributed by atoms with van der Waals surface area (Å²) in [4.78, 5) is 15.6. The third-order valence-electron chi connectivity index (χ3n) is 2.63. The lowest BCUT2D eigenvalue weighted by Gasteiger charge is -2.09. The van der Waals surface area contributed by atoms with Gasteiger partial charge in [0, 0.05) is 16.9 Å². The molecule has 2 rings (SSSR count). The van der Waals surface area contributed by atoms with Crippen LogP contribution in [-0.2, 0) is 11.3 Å². The van der Waals surface area contributed by atoms with Crippen molar-refractivity contribution in [2.45, 2.75) is 6.54 Å². The van der Waals surface area contributed by atoms with Gasteiger partial charge in [0.2, 0.25) is 5.82 Å². The van der Waals surface area contributed by atoms with Gasteiger partial charge in [-0.1, -0.05) is 15.9 Å². The minimum atomic E-state index is -0.402. The predicted octanol–water partition coefficient (Wildman–Crippen LogP) is 2.35. The van der Waals surface area contributed by atoms with Crippen LogP contribution in [0.25, 0.3) is 0 Å². The van der Waals surface area contributed by atoms with Crippen LogP contribution in [0, 0.1) is 11.3 Å². The number of benzene rings is 1. The van der Waals surface area contributed by atoms with Crippen LogP contribution in [0.5, 0.6) is 0 Å². The summed E-state index contributed by atoms with van der Waals surface area (Å²) in [6.45, 7) is 0.382. The van der Waals surface area contributed by atoms with Crippen LogP contribution in [0.15, 0.2) is 35.1 Å². The molecule has 0 unspecified atom stereocenters.